The van der Waals surface area contributed by atoms with Gasteiger partial charge < -0.3 is 0 Å². The van der Waals surface area contributed by atoms with Crippen LogP contribution in [0.25, 0.3) is 22.5 Å². The topological polar surface area (TPSA) is 80.9 Å². The highest BCUT2D eigenvalue weighted by atomic mass is 19.4. The number of nitrogens with one attached hydrogen (secondary N) is 1. The third kappa shape index (κ3) is 4.25. The van der Waals surface area contributed by atoms with Crippen LogP contribution in [0, 0.1) is 0 Å². The first-order chi connectivity index (χ1) is 14.0. The van der Waals surface area contributed by atoms with Crippen LogP contribution in [-0.2, 0) is 12.4 Å². The van der Waals surface area contributed by atoms with Crippen molar-refractivity contribution in [3.63, 3.8) is 0 Å². The summed E-state index contributed by atoms with van der Waals surface area (Å²) in [5.41, 5.74) is -2.05. The molecule has 3 N–H and O–H groups in total. The number of nitrogens with zero attached hydrogens (tertiary/aromatic N) is 2. The van der Waals surface area contributed by atoms with Crippen LogP contribution >= 0.6 is 0 Å². The Hall–Kier alpha value is -3.47. The van der Waals surface area contributed by atoms with Gasteiger partial charge in [0, 0.05) is 11.1 Å². The Bertz CT molecular complexity index is 1020. The fourth-order valence-electron chi connectivity index (χ4n) is 2.80. The van der Waals surface area contributed by atoms with E-state index in [-0.39, 0.29) is 11.4 Å². The monoisotopic (exact) mass is 426 g/mol. The Morgan fingerprint density at radius 2 is 1.17 bits per heavy atom. The van der Waals surface area contributed by atoms with Gasteiger partial charge in [-0.2, -0.15) is 26.3 Å². The molecule has 3 rings (SSSR count). The average molecular weight is 426 g/mol. The maximum Gasteiger partial charge on any atom is 0.417 e. The number of benzene rings is 2. The summed E-state index contributed by atoms with van der Waals surface area (Å²) >= 11 is 0. The zero-order valence-corrected chi connectivity index (χ0v) is 14.8. The van der Waals surface area contributed by atoms with Crippen molar-refractivity contribution in [1.82, 2.24) is 15.4 Å². The van der Waals surface area contributed by atoms with Crippen molar-refractivity contribution < 1.29 is 31.1 Å². The predicted molar refractivity (Wildman–Crippen MR) is 94.6 cm³/mol. The van der Waals surface area contributed by atoms with Crippen molar-refractivity contribution in [3.05, 3.63) is 71.5 Å². The maximum atomic E-state index is 13.4. The highest BCUT2D eigenvalue weighted by Crippen LogP contribution is 2.39. The minimum absolute atomic E-state index is 0.386. The van der Waals surface area contributed by atoms with E-state index in [0.29, 0.717) is 0 Å². The van der Waals surface area contributed by atoms with Crippen molar-refractivity contribution in [2.45, 2.75) is 12.4 Å². The number of amides is 1. The van der Waals surface area contributed by atoms with Crippen molar-refractivity contribution in [2.75, 3.05) is 0 Å². The molecule has 0 radical (unpaired) electrons. The van der Waals surface area contributed by atoms with E-state index >= 15 is 0 Å². The lowest BCUT2D eigenvalue weighted by atomic mass is 9.99. The number of hydrogen-bond acceptors (Lipinski definition) is 4. The van der Waals surface area contributed by atoms with Gasteiger partial charge in [0.25, 0.3) is 0 Å². The maximum absolute atomic E-state index is 13.4. The Morgan fingerprint density at radius 1 is 0.767 bits per heavy atom. The van der Waals surface area contributed by atoms with Crippen LogP contribution in [0.5, 0.6) is 0 Å². The van der Waals surface area contributed by atoms with Crippen LogP contribution < -0.4 is 11.3 Å². The molecule has 156 valence electrons. The minimum Gasteiger partial charge on any atom is -0.287 e. The van der Waals surface area contributed by atoms with Crippen LogP contribution in [0.3, 0.4) is 0 Å². The zero-order chi connectivity index (χ0) is 22.1. The lowest BCUT2D eigenvalue weighted by Gasteiger charge is -2.15. The van der Waals surface area contributed by atoms with Crippen LogP contribution in [0.4, 0.5) is 26.3 Å². The van der Waals surface area contributed by atoms with Gasteiger partial charge in [-0.1, -0.05) is 36.4 Å². The number of aromatic nitrogens is 2. The Kier molecular flexibility index (Phi) is 5.49. The number of nitrogen functional groups attached to an aromatic ring is 1. The summed E-state index contributed by atoms with van der Waals surface area (Å²) in [6.45, 7) is 0. The quantitative estimate of drug-likeness (QED) is 0.281. The fraction of sp³-hybridized carbons (Fsp3) is 0.105. The highest BCUT2D eigenvalue weighted by molar-refractivity contribution is 5.91. The number of alkyl halides is 6. The fourth-order valence-corrected chi connectivity index (χ4v) is 2.80. The van der Waals surface area contributed by atoms with E-state index in [9.17, 15) is 31.1 Å². The first-order valence-corrected chi connectivity index (χ1v) is 8.25. The van der Waals surface area contributed by atoms with Gasteiger partial charge in [0.1, 0.15) is 0 Å². The van der Waals surface area contributed by atoms with Gasteiger partial charge in [-0.3, -0.25) is 10.2 Å². The Balaban J connectivity index is 2.31. The first kappa shape index (κ1) is 21.2. The molecule has 0 unspecified atom stereocenters. The number of nitrogens with two attached hydrogens (primary N) is 1. The molecule has 0 bridgehead atoms. The second-order valence-corrected chi connectivity index (χ2v) is 6.02. The highest BCUT2D eigenvalue weighted by Gasteiger charge is 2.35. The summed E-state index contributed by atoms with van der Waals surface area (Å²) in [7, 11) is 0. The van der Waals surface area contributed by atoms with E-state index in [2.05, 4.69) is 9.97 Å². The second kappa shape index (κ2) is 7.75. The van der Waals surface area contributed by atoms with Gasteiger partial charge in [-0.25, -0.2) is 15.8 Å². The van der Waals surface area contributed by atoms with Gasteiger partial charge in [0.15, 0.2) is 0 Å². The molecule has 0 saturated heterocycles. The molecule has 0 saturated carbocycles. The van der Waals surface area contributed by atoms with Crippen LogP contribution in [0.15, 0.2) is 54.6 Å². The second-order valence-electron chi connectivity index (χ2n) is 6.02. The number of carbonyl (C=O) groups excluding carboxylic acids is 1. The molecule has 30 heavy (non-hydrogen) atoms. The molecule has 1 aromatic heterocycles. The summed E-state index contributed by atoms with van der Waals surface area (Å²) in [5, 5.41) is 0. The third-order valence-electron chi connectivity index (χ3n) is 4.08. The number of carbonyl (C=O) groups is 1. The van der Waals surface area contributed by atoms with Gasteiger partial charge in [-0.15, -0.1) is 0 Å². The number of hydrazine groups is 1. The van der Waals surface area contributed by atoms with E-state index < -0.39 is 46.3 Å². The van der Waals surface area contributed by atoms with Gasteiger partial charge in [0.2, 0.25) is 5.82 Å². The molecule has 0 aliphatic rings. The molecule has 1 heterocycles. The van der Waals surface area contributed by atoms with Gasteiger partial charge in [-0.05, 0) is 18.2 Å². The summed E-state index contributed by atoms with van der Waals surface area (Å²) in [4.78, 5) is 19.5. The van der Waals surface area contributed by atoms with Crippen molar-refractivity contribution in [2.24, 2.45) is 5.84 Å². The molecule has 3 aromatic rings. The molecule has 0 aliphatic heterocycles. The molecule has 11 heteroatoms. The molecular weight excluding hydrogens is 414 g/mol. The molecule has 1 amide bonds. The summed E-state index contributed by atoms with van der Waals surface area (Å²) in [6.07, 6.45) is -9.52. The molecule has 0 fully saturated rings. The molecule has 2 aromatic carbocycles. The third-order valence-corrected chi connectivity index (χ3v) is 4.08. The minimum atomic E-state index is -4.76. The normalized spacial score (nSPS) is 12.0. The lowest BCUT2D eigenvalue weighted by Crippen LogP contribution is -2.31. The molecular formula is C19H12F6N4O. The van der Waals surface area contributed by atoms with Crippen LogP contribution in [0.1, 0.15) is 21.7 Å². The van der Waals surface area contributed by atoms with Crippen molar-refractivity contribution in [3.8, 4) is 22.5 Å². The number of halogens is 6. The smallest absolute Gasteiger partial charge is 0.287 e. The largest absolute Gasteiger partial charge is 0.417 e. The van der Waals surface area contributed by atoms with E-state index in [4.69, 9.17) is 5.84 Å². The van der Waals surface area contributed by atoms with E-state index in [0.717, 1.165) is 42.5 Å². The van der Waals surface area contributed by atoms with Crippen molar-refractivity contribution in [1.29, 1.82) is 0 Å². The van der Waals surface area contributed by atoms with E-state index in [1.807, 2.05) is 0 Å². The first-order valence-electron chi connectivity index (χ1n) is 8.25. The van der Waals surface area contributed by atoms with Crippen LogP contribution in [0.2, 0.25) is 0 Å². The molecule has 0 aliphatic carbocycles. The van der Waals surface area contributed by atoms with Crippen LogP contribution in [-0.4, -0.2) is 15.9 Å². The predicted octanol–water partition coefficient (Wildman–Crippen LogP) is 4.45. The van der Waals surface area contributed by atoms with Crippen molar-refractivity contribution >= 4 is 5.91 Å². The zero-order valence-electron chi connectivity index (χ0n) is 14.8. The SMILES string of the molecule is NNC(=O)c1nc(-c2ccccc2C(F)(F)F)cc(-c2ccccc2C(F)(F)F)n1. The molecule has 0 spiro atoms. The van der Waals surface area contributed by atoms with Gasteiger partial charge in [0.05, 0.1) is 22.5 Å². The molecule has 5 nitrogen and oxygen atoms in total. The summed E-state index contributed by atoms with van der Waals surface area (Å²) in [6, 6.07) is 9.65. The Morgan fingerprint density at radius 3 is 1.53 bits per heavy atom. The number of rotatable bonds is 3. The summed E-state index contributed by atoms with van der Waals surface area (Å²) in [5.74, 6) is 3.28. The Labute approximate surface area is 165 Å². The van der Waals surface area contributed by atoms with E-state index in [1.54, 1.807) is 5.43 Å². The summed E-state index contributed by atoms with van der Waals surface area (Å²) < 4.78 is 80.5. The molecule has 0 atom stereocenters. The standard InChI is InChI=1S/C19H12F6N4O/c20-18(21,22)12-7-3-1-5-10(12)14-9-15(28-16(27-14)17(30)29-26)11-6-2-4-8-13(11)19(23,24)25/h1-9H,26H2,(H,29,30). The number of hydrogen-bond donors (Lipinski definition) is 2. The average Bonchev–Trinajstić information content (AvgIpc) is 2.71. The lowest BCUT2D eigenvalue weighted by molar-refractivity contribution is -0.137. The van der Waals surface area contributed by atoms with Gasteiger partial charge >= 0.3 is 18.3 Å². The van der Waals surface area contributed by atoms with E-state index in [1.165, 1.54) is 12.1 Å².